The maximum absolute atomic E-state index is 3.71. The Bertz CT molecular complexity index is 221. The Morgan fingerprint density at radius 1 is 1.38 bits per heavy atom. The Balaban J connectivity index is 1.88. The third-order valence-corrected chi connectivity index (χ3v) is 4.25. The van der Waals surface area contributed by atoms with Gasteiger partial charge in [0.15, 0.2) is 0 Å². The van der Waals surface area contributed by atoms with Crippen molar-refractivity contribution in [3.63, 3.8) is 0 Å². The molecule has 1 aliphatic carbocycles. The topological polar surface area (TPSA) is 15.3 Å². The molecule has 1 N–H and O–H groups in total. The zero-order chi connectivity index (χ0) is 11.6. The zero-order valence-corrected chi connectivity index (χ0v) is 11.3. The Labute approximate surface area is 101 Å². The van der Waals surface area contributed by atoms with Crippen LogP contribution in [0.2, 0.25) is 0 Å². The lowest BCUT2D eigenvalue weighted by atomic mass is 9.99. The molecule has 2 aliphatic rings. The molecule has 1 heterocycles. The molecule has 1 saturated carbocycles. The molecule has 1 atom stereocenters. The van der Waals surface area contributed by atoms with E-state index in [4.69, 9.17) is 0 Å². The minimum absolute atomic E-state index is 0.436. The van der Waals surface area contributed by atoms with Gasteiger partial charge in [0, 0.05) is 24.2 Å². The van der Waals surface area contributed by atoms with Crippen LogP contribution in [0.15, 0.2) is 0 Å². The van der Waals surface area contributed by atoms with Gasteiger partial charge in [0.25, 0.3) is 0 Å². The van der Waals surface area contributed by atoms with Crippen molar-refractivity contribution in [1.29, 1.82) is 0 Å². The summed E-state index contributed by atoms with van der Waals surface area (Å²) in [5.41, 5.74) is 0.436. The van der Waals surface area contributed by atoms with Crippen LogP contribution in [-0.2, 0) is 0 Å². The number of hydrogen-bond acceptors (Lipinski definition) is 2. The first kappa shape index (κ1) is 12.4. The maximum atomic E-state index is 3.71. The van der Waals surface area contributed by atoms with E-state index in [-0.39, 0.29) is 0 Å². The average molecular weight is 224 g/mol. The summed E-state index contributed by atoms with van der Waals surface area (Å²) in [4.78, 5) is 2.76. The number of nitrogens with zero attached hydrogens (tertiary/aromatic N) is 1. The molecular formula is C14H28N2. The fraction of sp³-hybridized carbons (Fsp3) is 1.00. The van der Waals surface area contributed by atoms with Crippen LogP contribution in [0.25, 0.3) is 0 Å². The summed E-state index contributed by atoms with van der Waals surface area (Å²) in [7, 11) is 0. The Hall–Kier alpha value is -0.0800. The van der Waals surface area contributed by atoms with Gasteiger partial charge in [-0.2, -0.15) is 0 Å². The largest absolute Gasteiger partial charge is 0.312 e. The Kier molecular flexibility index (Phi) is 3.91. The molecule has 0 amide bonds. The van der Waals surface area contributed by atoms with Gasteiger partial charge in [-0.1, -0.05) is 13.3 Å². The van der Waals surface area contributed by atoms with E-state index in [0.717, 1.165) is 12.1 Å². The van der Waals surface area contributed by atoms with Gasteiger partial charge in [0.2, 0.25) is 0 Å². The third kappa shape index (κ3) is 2.98. The molecule has 0 bridgehead atoms. The third-order valence-electron chi connectivity index (χ3n) is 4.25. The fourth-order valence-corrected chi connectivity index (χ4v) is 3.10. The standard InChI is InChI=1S/C14H28N2/c1-4-6-13(11-15-12-7-8-12)16-10-5-9-14(16,2)3/h12-13,15H,4-11H2,1-3H3. The van der Waals surface area contributed by atoms with Crippen LogP contribution in [0, 0.1) is 0 Å². The first-order valence-electron chi connectivity index (χ1n) is 7.13. The van der Waals surface area contributed by atoms with Gasteiger partial charge in [-0.15, -0.1) is 0 Å². The van der Waals surface area contributed by atoms with Crippen LogP contribution in [0.4, 0.5) is 0 Å². The average Bonchev–Trinajstić information content (AvgIpc) is 2.98. The summed E-state index contributed by atoms with van der Waals surface area (Å²) in [6, 6.07) is 1.62. The van der Waals surface area contributed by atoms with Crippen LogP contribution < -0.4 is 5.32 Å². The lowest BCUT2D eigenvalue weighted by molar-refractivity contribution is 0.107. The second-order valence-corrected chi connectivity index (χ2v) is 6.23. The van der Waals surface area contributed by atoms with E-state index in [9.17, 15) is 0 Å². The summed E-state index contributed by atoms with van der Waals surface area (Å²) < 4.78 is 0. The minimum Gasteiger partial charge on any atom is -0.312 e. The molecule has 0 spiro atoms. The van der Waals surface area contributed by atoms with E-state index in [1.807, 2.05) is 0 Å². The van der Waals surface area contributed by atoms with E-state index >= 15 is 0 Å². The van der Waals surface area contributed by atoms with Crippen molar-refractivity contribution in [3.05, 3.63) is 0 Å². The van der Waals surface area contributed by atoms with Gasteiger partial charge >= 0.3 is 0 Å². The van der Waals surface area contributed by atoms with E-state index < -0.39 is 0 Å². The van der Waals surface area contributed by atoms with Crippen molar-refractivity contribution < 1.29 is 0 Å². The van der Waals surface area contributed by atoms with Crippen LogP contribution >= 0.6 is 0 Å². The van der Waals surface area contributed by atoms with Crippen LogP contribution in [0.5, 0.6) is 0 Å². The normalized spacial score (nSPS) is 27.2. The molecule has 2 heteroatoms. The molecule has 0 aromatic carbocycles. The summed E-state index contributed by atoms with van der Waals surface area (Å²) >= 11 is 0. The molecule has 1 aliphatic heterocycles. The van der Waals surface area contributed by atoms with Crippen LogP contribution in [0.1, 0.15) is 59.3 Å². The quantitative estimate of drug-likeness (QED) is 0.746. The van der Waals surface area contributed by atoms with E-state index in [2.05, 4.69) is 31.0 Å². The Morgan fingerprint density at radius 3 is 2.62 bits per heavy atom. The first-order valence-corrected chi connectivity index (χ1v) is 7.13. The van der Waals surface area contributed by atoms with E-state index in [0.29, 0.717) is 5.54 Å². The van der Waals surface area contributed by atoms with E-state index in [1.165, 1.54) is 51.6 Å². The lowest BCUT2D eigenvalue weighted by Gasteiger charge is -2.38. The van der Waals surface area contributed by atoms with Crippen LogP contribution in [0.3, 0.4) is 0 Å². The lowest BCUT2D eigenvalue weighted by Crippen LogP contribution is -2.49. The molecule has 0 radical (unpaired) electrons. The maximum Gasteiger partial charge on any atom is 0.0225 e. The van der Waals surface area contributed by atoms with E-state index in [1.54, 1.807) is 0 Å². The zero-order valence-electron chi connectivity index (χ0n) is 11.3. The van der Waals surface area contributed by atoms with Crippen molar-refractivity contribution in [3.8, 4) is 0 Å². The molecule has 0 aromatic rings. The molecular weight excluding hydrogens is 196 g/mol. The Morgan fingerprint density at radius 2 is 2.12 bits per heavy atom. The molecule has 2 nitrogen and oxygen atoms in total. The second-order valence-electron chi connectivity index (χ2n) is 6.23. The molecule has 1 saturated heterocycles. The van der Waals surface area contributed by atoms with Crippen molar-refractivity contribution in [1.82, 2.24) is 10.2 Å². The first-order chi connectivity index (χ1) is 7.63. The van der Waals surface area contributed by atoms with Crippen LogP contribution in [-0.4, -0.2) is 35.6 Å². The van der Waals surface area contributed by atoms with Gasteiger partial charge in [-0.3, -0.25) is 4.90 Å². The van der Waals surface area contributed by atoms with Gasteiger partial charge in [-0.25, -0.2) is 0 Å². The number of hydrogen-bond donors (Lipinski definition) is 1. The molecule has 0 aromatic heterocycles. The predicted octanol–water partition coefficient (Wildman–Crippen LogP) is 2.78. The number of rotatable bonds is 6. The fourth-order valence-electron chi connectivity index (χ4n) is 3.10. The summed E-state index contributed by atoms with van der Waals surface area (Å²) in [5, 5.41) is 3.71. The molecule has 2 rings (SSSR count). The van der Waals surface area contributed by atoms with Gasteiger partial charge in [-0.05, 0) is 52.5 Å². The summed E-state index contributed by atoms with van der Waals surface area (Å²) in [6.07, 6.45) is 8.23. The van der Waals surface area contributed by atoms with Gasteiger partial charge in [0.1, 0.15) is 0 Å². The summed E-state index contributed by atoms with van der Waals surface area (Å²) in [5.74, 6) is 0. The van der Waals surface area contributed by atoms with Crippen molar-refractivity contribution in [2.75, 3.05) is 13.1 Å². The molecule has 1 unspecified atom stereocenters. The number of likely N-dealkylation sites (tertiary alicyclic amines) is 1. The molecule has 16 heavy (non-hydrogen) atoms. The minimum atomic E-state index is 0.436. The van der Waals surface area contributed by atoms with Crippen molar-refractivity contribution in [2.24, 2.45) is 0 Å². The molecule has 94 valence electrons. The number of nitrogens with one attached hydrogen (secondary N) is 1. The van der Waals surface area contributed by atoms with Crippen molar-refractivity contribution in [2.45, 2.75) is 76.9 Å². The highest BCUT2D eigenvalue weighted by molar-refractivity contribution is 4.93. The molecule has 2 fully saturated rings. The monoisotopic (exact) mass is 224 g/mol. The second kappa shape index (κ2) is 5.05. The summed E-state index contributed by atoms with van der Waals surface area (Å²) in [6.45, 7) is 9.67. The van der Waals surface area contributed by atoms with Gasteiger partial charge in [0.05, 0.1) is 0 Å². The highest BCUT2D eigenvalue weighted by Crippen LogP contribution is 2.31. The highest BCUT2D eigenvalue weighted by atomic mass is 15.2. The SMILES string of the molecule is CCCC(CNC1CC1)N1CCCC1(C)C. The smallest absolute Gasteiger partial charge is 0.0225 e. The highest BCUT2D eigenvalue weighted by Gasteiger charge is 2.36. The predicted molar refractivity (Wildman–Crippen MR) is 69.7 cm³/mol. The van der Waals surface area contributed by atoms with Crippen molar-refractivity contribution >= 4 is 0 Å². The van der Waals surface area contributed by atoms with Gasteiger partial charge < -0.3 is 5.32 Å².